The van der Waals surface area contributed by atoms with Gasteiger partial charge in [0.2, 0.25) is 0 Å². The van der Waals surface area contributed by atoms with Gasteiger partial charge in [-0.1, -0.05) is 23.8 Å². The van der Waals surface area contributed by atoms with Crippen LogP contribution in [0.25, 0.3) is 11.3 Å². The molecule has 0 aliphatic carbocycles. The van der Waals surface area contributed by atoms with Gasteiger partial charge in [0.25, 0.3) is 5.91 Å². The van der Waals surface area contributed by atoms with Crippen molar-refractivity contribution in [1.29, 1.82) is 0 Å². The third kappa shape index (κ3) is 4.14. The van der Waals surface area contributed by atoms with E-state index in [1.165, 1.54) is 11.1 Å². The number of benzene rings is 2. The molecule has 1 heterocycles. The first-order valence-electron chi connectivity index (χ1n) is 9.64. The average molecular weight is 392 g/mol. The lowest BCUT2D eigenvalue weighted by atomic mass is 10.0. The Balaban J connectivity index is 2.04. The Morgan fingerprint density at radius 1 is 1.00 bits per heavy atom. The van der Waals surface area contributed by atoms with Gasteiger partial charge < -0.3 is 19.8 Å². The molecule has 0 fully saturated rings. The van der Waals surface area contributed by atoms with Gasteiger partial charge in [0.1, 0.15) is 11.5 Å². The number of carbonyl (C=O) groups excluding carboxylic acids is 1. The molecular weight excluding hydrogens is 364 g/mol. The van der Waals surface area contributed by atoms with Crippen molar-refractivity contribution >= 4 is 5.91 Å². The molecule has 1 aromatic heterocycles. The molecule has 2 N–H and O–H groups in total. The molecule has 2 aromatic carbocycles. The molecule has 29 heavy (non-hydrogen) atoms. The maximum absolute atomic E-state index is 12.0. The fourth-order valence-corrected chi connectivity index (χ4v) is 3.82. The number of primary amides is 1. The van der Waals surface area contributed by atoms with E-state index < -0.39 is 5.91 Å². The third-order valence-electron chi connectivity index (χ3n) is 5.38. The van der Waals surface area contributed by atoms with Crippen LogP contribution in [-0.2, 0) is 13.0 Å². The van der Waals surface area contributed by atoms with Crippen LogP contribution in [-0.4, -0.2) is 24.7 Å². The minimum atomic E-state index is -0.411. The number of methoxy groups -OCH3 is 2. The summed E-state index contributed by atoms with van der Waals surface area (Å²) in [6.45, 7) is 6.79. The van der Waals surface area contributed by atoms with E-state index in [0.717, 1.165) is 40.4 Å². The van der Waals surface area contributed by atoms with Gasteiger partial charge in [-0.15, -0.1) is 0 Å². The summed E-state index contributed by atoms with van der Waals surface area (Å²) in [6.07, 6.45) is 0.728. The fraction of sp³-hybridized carbons (Fsp3) is 0.292. The monoisotopic (exact) mass is 392 g/mol. The molecule has 3 aromatic rings. The highest BCUT2D eigenvalue weighted by Crippen LogP contribution is 2.31. The Labute approximate surface area is 172 Å². The number of carbonyl (C=O) groups is 1. The van der Waals surface area contributed by atoms with Crippen molar-refractivity contribution in [2.45, 2.75) is 33.7 Å². The molecule has 0 aliphatic rings. The number of aryl methyl sites for hydroxylation is 3. The predicted octanol–water partition coefficient (Wildman–Crippen LogP) is 4.44. The molecule has 0 radical (unpaired) electrons. The van der Waals surface area contributed by atoms with E-state index in [4.69, 9.17) is 15.2 Å². The van der Waals surface area contributed by atoms with Crippen molar-refractivity contribution in [2.75, 3.05) is 14.2 Å². The Morgan fingerprint density at radius 2 is 1.76 bits per heavy atom. The Kier molecular flexibility index (Phi) is 5.97. The predicted molar refractivity (Wildman–Crippen MR) is 116 cm³/mol. The van der Waals surface area contributed by atoms with E-state index in [0.29, 0.717) is 12.1 Å². The molecule has 5 nitrogen and oxygen atoms in total. The van der Waals surface area contributed by atoms with Crippen LogP contribution in [0.1, 0.15) is 32.7 Å². The van der Waals surface area contributed by atoms with Gasteiger partial charge in [0.05, 0.1) is 19.8 Å². The van der Waals surface area contributed by atoms with Gasteiger partial charge in [0.15, 0.2) is 0 Å². The van der Waals surface area contributed by atoms with Crippen LogP contribution < -0.4 is 15.2 Å². The first kappa shape index (κ1) is 20.5. The van der Waals surface area contributed by atoms with Crippen LogP contribution in [0.5, 0.6) is 11.5 Å². The second-order valence-electron chi connectivity index (χ2n) is 7.29. The summed E-state index contributed by atoms with van der Waals surface area (Å²) in [5, 5.41) is 0. The largest absolute Gasteiger partial charge is 0.497 e. The molecule has 0 spiro atoms. The van der Waals surface area contributed by atoms with Gasteiger partial charge in [0, 0.05) is 23.5 Å². The van der Waals surface area contributed by atoms with Crippen LogP contribution in [0.4, 0.5) is 0 Å². The molecule has 5 heteroatoms. The van der Waals surface area contributed by atoms with E-state index in [2.05, 4.69) is 36.6 Å². The Bertz CT molecular complexity index is 1050. The highest BCUT2D eigenvalue weighted by Gasteiger charge is 2.18. The lowest BCUT2D eigenvalue weighted by Crippen LogP contribution is -2.13. The number of hydrogen-bond donors (Lipinski definition) is 1. The molecule has 0 saturated heterocycles. The molecule has 0 unspecified atom stereocenters. The van der Waals surface area contributed by atoms with E-state index in [1.807, 2.05) is 31.2 Å². The minimum Gasteiger partial charge on any atom is -0.497 e. The average Bonchev–Trinajstić information content (AvgIpc) is 3.02. The van der Waals surface area contributed by atoms with Crippen LogP contribution in [0.2, 0.25) is 0 Å². The standard InChI is InChI=1S/C24H28N2O3/c1-15-6-8-20(16(2)12-15)22-14-21(24(25)27)17(3)26(22)11-10-18-13-19(28-4)7-9-23(18)29-5/h6-9,12-14H,10-11H2,1-5H3,(H2,25,27). The van der Waals surface area contributed by atoms with Crippen LogP contribution >= 0.6 is 0 Å². The number of ether oxygens (including phenoxy) is 2. The van der Waals surface area contributed by atoms with Gasteiger partial charge in [-0.05, 0) is 62.6 Å². The molecule has 152 valence electrons. The molecule has 0 saturated carbocycles. The maximum atomic E-state index is 12.0. The van der Waals surface area contributed by atoms with Crippen LogP contribution in [0, 0.1) is 20.8 Å². The summed E-state index contributed by atoms with van der Waals surface area (Å²) in [5.74, 6) is 1.20. The number of hydrogen-bond acceptors (Lipinski definition) is 3. The summed E-state index contributed by atoms with van der Waals surface area (Å²) < 4.78 is 13.0. The maximum Gasteiger partial charge on any atom is 0.250 e. The quantitative estimate of drug-likeness (QED) is 0.646. The summed E-state index contributed by atoms with van der Waals surface area (Å²) in [6, 6.07) is 14.0. The SMILES string of the molecule is COc1ccc(OC)c(CCn2c(-c3ccc(C)cc3C)cc(C(N)=O)c2C)c1. The van der Waals surface area contributed by atoms with Crippen LogP contribution in [0.15, 0.2) is 42.5 Å². The molecule has 3 rings (SSSR count). The van der Waals surface area contributed by atoms with E-state index in [-0.39, 0.29) is 0 Å². The number of amides is 1. The highest BCUT2D eigenvalue weighted by atomic mass is 16.5. The van der Waals surface area contributed by atoms with E-state index in [9.17, 15) is 4.79 Å². The zero-order valence-electron chi connectivity index (χ0n) is 17.7. The smallest absolute Gasteiger partial charge is 0.250 e. The van der Waals surface area contributed by atoms with Crippen molar-refractivity contribution in [3.63, 3.8) is 0 Å². The normalized spacial score (nSPS) is 10.8. The van der Waals surface area contributed by atoms with Gasteiger partial charge >= 0.3 is 0 Å². The zero-order valence-corrected chi connectivity index (χ0v) is 17.7. The van der Waals surface area contributed by atoms with Crippen LogP contribution in [0.3, 0.4) is 0 Å². The number of aromatic nitrogens is 1. The third-order valence-corrected chi connectivity index (χ3v) is 5.38. The van der Waals surface area contributed by atoms with E-state index in [1.54, 1.807) is 14.2 Å². The van der Waals surface area contributed by atoms with E-state index >= 15 is 0 Å². The molecule has 0 atom stereocenters. The van der Waals surface area contributed by atoms with Gasteiger partial charge in [-0.3, -0.25) is 4.79 Å². The molecular formula is C24H28N2O3. The summed E-state index contributed by atoms with van der Waals surface area (Å²) in [5.41, 5.74) is 12.6. The molecule has 0 bridgehead atoms. The topological polar surface area (TPSA) is 66.5 Å². The Hall–Kier alpha value is -3.21. The second kappa shape index (κ2) is 8.43. The highest BCUT2D eigenvalue weighted by molar-refractivity contribution is 5.95. The van der Waals surface area contributed by atoms with Gasteiger partial charge in [-0.2, -0.15) is 0 Å². The first-order valence-corrected chi connectivity index (χ1v) is 9.64. The first-order chi connectivity index (χ1) is 13.8. The second-order valence-corrected chi connectivity index (χ2v) is 7.29. The summed E-state index contributed by atoms with van der Waals surface area (Å²) in [7, 11) is 3.32. The van der Waals surface area contributed by atoms with Crippen molar-refractivity contribution in [2.24, 2.45) is 5.73 Å². The van der Waals surface area contributed by atoms with Crippen molar-refractivity contribution in [1.82, 2.24) is 4.57 Å². The number of nitrogens with zero attached hydrogens (tertiary/aromatic N) is 1. The van der Waals surface area contributed by atoms with Crippen molar-refractivity contribution in [3.05, 3.63) is 70.4 Å². The summed E-state index contributed by atoms with van der Waals surface area (Å²) in [4.78, 5) is 12.0. The fourth-order valence-electron chi connectivity index (χ4n) is 3.82. The zero-order chi connectivity index (χ0) is 21.1. The molecule has 1 amide bonds. The number of rotatable bonds is 7. The lowest BCUT2D eigenvalue weighted by molar-refractivity contribution is 0.0999. The summed E-state index contributed by atoms with van der Waals surface area (Å²) >= 11 is 0. The lowest BCUT2D eigenvalue weighted by Gasteiger charge is -2.16. The van der Waals surface area contributed by atoms with Crippen molar-refractivity contribution in [3.8, 4) is 22.8 Å². The van der Waals surface area contributed by atoms with Crippen molar-refractivity contribution < 1.29 is 14.3 Å². The van der Waals surface area contributed by atoms with Gasteiger partial charge in [-0.25, -0.2) is 0 Å². The number of nitrogens with two attached hydrogens (primary N) is 1. The minimum absolute atomic E-state index is 0.411. The Morgan fingerprint density at radius 3 is 2.38 bits per heavy atom. The molecule has 0 aliphatic heterocycles.